The molecule has 2 rings (SSSR count). The smallest absolute Gasteiger partial charge is 0.208 e. The predicted octanol–water partition coefficient (Wildman–Crippen LogP) is 3.35. The van der Waals surface area contributed by atoms with Crippen LogP contribution in [0.2, 0.25) is 0 Å². The van der Waals surface area contributed by atoms with Gasteiger partial charge in [0.25, 0.3) is 0 Å². The summed E-state index contributed by atoms with van der Waals surface area (Å²) in [6.07, 6.45) is 6.26. The second-order valence-corrected chi connectivity index (χ2v) is 4.69. The number of hydrogen-bond acceptors (Lipinski definition) is 3. The molecule has 0 saturated carbocycles. The highest BCUT2D eigenvalue weighted by atomic mass is 16.4. The standard InChI is InChI=1S/C16H22N2O/c1-2-15-12-18-16(19-15)13-17-11-7-6-10-14-8-4-3-5-9-14/h3-5,8-9,12,17H,2,6-7,10-11,13H2,1H3. The quantitative estimate of drug-likeness (QED) is 0.738. The molecule has 1 N–H and O–H groups in total. The number of nitrogens with zero attached hydrogens (tertiary/aromatic N) is 1. The van der Waals surface area contributed by atoms with Crippen LogP contribution in [0, 0.1) is 0 Å². The Bertz CT molecular complexity index is 465. The highest BCUT2D eigenvalue weighted by molar-refractivity contribution is 5.14. The van der Waals surface area contributed by atoms with Crippen molar-refractivity contribution in [3.63, 3.8) is 0 Å². The van der Waals surface area contributed by atoms with Gasteiger partial charge in [0.15, 0.2) is 0 Å². The molecule has 0 amide bonds. The van der Waals surface area contributed by atoms with Gasteiger partial charge in [0.05, 0.1) is 12.7 Å². The molecule has 1 aromatic heterocycles. The zero-order valence-electron chi connectivity index (χ0n) is 11.6. The Morgan fingerprint density at radius 2 is 2.00 bits per heavy atom. The van der Waals surface area contributed by atoms with Crippen molar-refractivity contribution in [1.29, 1.82) is 0 Å². The predicted molar refractivity (Wildman–Crippen MR) is 77.0 cm³/mol. The fourth-order valence-corrected chi connectivity index (χ4v) is 2.01. The van der Waals surface area contributed by atoms with E-state index in [4.69, 9.17) is 4.42 Å². The molecular formula is C16H22N2O. The molecule has 1 aromatic carbocycles. The first-order valence-corrected chi connectivity index (χ1v) is 7.06. The molecule has 0 saturated heterocycles. The van der Waals surface area contributed by atoms with E-state index in [0.29, 0.717) is 0 Å². The van der Waals surface area contributed by atoms with Crippen molar-refractivity contribution in [3.8, 4) is 0 Å². The first-order chi connectivity index (χ1) is 9.38. The Balaban J connectivity index is 1.55. The lowest BCUT2D eigenvalue weighted by molar-refractivity contribution is 0.437. The van der Waals surface area contributed by atoms with E-state index in [-0.39, 0.29) is 0 Å². The van der Waals surface area contributed by atoms with Gasteiger partial charge < -0.3 is 9.73 Å². The number of oxazole rings is 1. The molecule has 2 aromatic rings. The van der Waals surface area contributed by atoms with E-state index in [1.165, 1.54) is 18.4 Å². The van der Waals surface area contributed by atoms with E-state index >= 15 is 0 Å². The number of rotatable bonds is 8. The molecule has 3 nitrogen and oxygen atoms in total. The van der Waals surface area contributed by atoms with Gasteiger partial charge in [0, 0.05) is 6.42 Å². The Morgan fingerprint density at radius 3 is 2.74 bits per heavy atom. The van der Waals surface area contributed by atoms with E-state index in [1.807, 2.05) is 6.20 Å². The molecule has 0 unspecified atom stereocenters. The Kier molecular flexibility index (Phi) is 5.63. The first kappa shape index (κ1) is 13.8. The Morgan fingerprint density at radius 1 is 1.16 bits per heavy atom. The average molecular weight is 258 g/mol. The fraction of sp³-hybridized carbons (Fsp3) is 0.438. The molecule has 0 aliphatic carbocycles. The normalized spacial score (nSPS) is 10.8. The van der Waals surface area contributed by atoms with Crippen molar-refractivity contribution in [3.05, 3.63) is 53.7 Å². The van der Waals surface area contributed by atoms with Crippen molar-refractivity contribution in [1.82, 2.24) is 10.3 Å². The van der Waals surface area contributed by atoms with E-state index in [2.05, 4.69) is 47.6 Å². The van der Waals surface area contributed by atoms with Crippen molar-refractivity contribution >= 4 is 0 Å². The van der Waals surface area contributed by atoms with Gasteiger partial charge in [-0.25, -0.2) is 4.98 Å². The maximum absolute atomic E-state index is 5.54. The number of benzene rings is 1. The van der Waals surface area contributed by atoms with Crippen LogP contribution in [-0.2, 0) is 19.4 Å². The minimum absolute atomic E-state index is 0.728. The number of aromatic nitrogens is 1. The van der Waals surface area contributed by atoms with Crippen LogP contribution in [0.1, 0.15) is 37.0 Å². The largest absolute Gasteiger partial charge is 0.444 e. The molecule has 102 valence electrons. The Labute approximate surface area is 115 Å². The lowest BCUT2D eigenvalue weighted by Crippen LogP contribution is -2.15. The topological polar surface area (TPSA) is 38.1 Å². The molecule has 0 atom stereocenters. The van der Waals surface area contributed by atoms with Crippen molar-refractivity contribution in [2.75, 3.05) is 6.54 Å². The lowest BCUT2D eigenvalue weighted by Gasteiger charge is -2.03. The molecule has 1 heterocycles. The minimum Gasteiger partial charge on any atom is -0.444 e. The second kappa shape index (κ2) is 7.74. The molecule has 0 fully saturated rings. The van der Waals surface area contributed by atoms with Gasteiger partial charge in [0.1, 0.15) is 5.76 Å². The van der Waals surface area contributed by atoms with Gasteiger partial charge in [-0.1, -0.05) is 37.3 Å². The zero-order chi connectivity index (χ0) is 13.3. The van der Waals surface area contributed by atoms with Crippen molar-refractivity contribution in [2.24, 2.45) is 0 Å². The second-order valence-electron chi connectivity index (χ2n) is 4.69. The van der Waals surface area contributed by atoms with Crippen LogP contribution in [0.4, 0.5) is 0 Å². The first-order valence-electron chi connectivity index (χ1n) is 7.06. The number of unbranched alkanes of at least 4 members (excludes halogenated alkanes) is 1. The number of hydrogen-bond donors (Lipinski definition) is 1. The van der Waals surface area contributed by atoms with Crippen LogP contribution in [0.25, 0.3) is 0 Å². The van der Waals surface area contributed by atoms with E-state index in [0.717, 1.165) is 37.6 Å². The molecule has 0 aliphatic heterocycles. The van der Waals surface area contributed by atoms with Gasteiger partial charge in [0.2, 0.25) is 5.89 Å². The summed E-state index contributed by atoms with van der Waals surface area (Å²) >= 11 is 0. The van der Waals surface area contributed by atoms with Gasteiger partial charge >= 0.3 is 0 Å². The monoisotopic (exact) mass is 258 g/mol. The van der Waals surface area contributed by atoms with Gasteiger partial charge in [-0.2, -0.15) is 0 Å². The number of aryl methyl sites for hydroxylation is 2. The molecule has 19 heavy (non-hydrogen) atoms. The van der Waals surface area contributed by atoms with Gasteiger partial charge in [-0.3, -0.25) is 0 Å². The van der Waals surface area contributed by atoms with Gasteiger partial charge in [-0.05, 0) is 31.4 Å². The maximum Gasteiger partial charge on any atom is 0.208 e. The van der Waals surface area contributed by atoms with Crippen molar-refractivity contribution in [2.45, 2.75) is 39.2 Å². The third-order valence-corrected chi connectivity index (χ3v) is 3.14. The summed E-state index contributed by atoms with van der Waals surface area (Å²) in [5.74, 6) is 1.75. The van der Waals surface area contributed by atoms with E-state index in [9.17, 15) is 0 Å². The summed E-state index contributed by atoms with van der Waals surface area (Å²) in [5, 5.41) is 3.37. The summed E-state index contributed by atoms with van der Waals surface area (Å²) in [7, 11) is 0. The lowest BCUT2D eigenvalue weighted by atomic mass is 10.1. The van der Waals surface area contributed by atoms with Crippen molar-refractivity contribution < 1.29 is 4.42 Å². The number of nitrogens with one attached hydrogen (secondary N) is 1. The third kappa shape index (κ3) is 4.87. The Hall–Kier alpha value is -1.61. The highest BCUT2D eigenvalue weighted by Gasteiger charge is 2.01. The van der Waals surface area contributed by atoms with Crippen LogP contribution in [0.3, 0.4) is 0 Å². The molecule has 0 spiro atoms. The van der Waals surface area contributed by atoms with E-state index < -0.39 is 0 Å². The van der Waals surface area contributed by atoms with Crippen LogP contribution in [-0.4, -0.2) is 11.5 Å². The summed E-state index contributed by atoms with van der Waals surface area (Å²) in [6.45, 7) is 3.81. The summed E-state index contributed by atoms with van der Waals surface area (Å²) < 4.78 is 5.54. The van der Waals surface area contributed by atoms with Crippen LogP contribution < -0.4 is 5.32 Å². The summed E-state index contributed by atoms with van der Waals surface area (Å²) in [5.41, 5.74) is 1.42. The average Bonchev–Trinajstić information content (AvgIpc) is 2.92. The third-order valence-electron chi connectivity index (χ3n) is 3.14. The molecular weight excluding hydrogens is 236 g/mol. The zero-order valence-corrected chi connectivity index (χ0v) is 11.6. The summed E-state index contributed by atoms with van der Waals surface area (Å²) in [6, 6.07) is 10.6. The highest BCUT2D eigenvalue weighted by Crippen LogP contribution is 2.05. The molecule has 0 aliphatic rings. The SMILES string of the molecule is CCc1cnc(CNCCCCc2ccccc2)o1. The molecule has 3 heteroatoms. The van der Waals surface area contributed by atoms with Gasteiger partial charge in [-0.15, -0.1) is 0 Å². The van der Waals surface area contributed by atoms with Crippen LogP contribution >= 0.6 is 0 Å². The van der Waals surface area contributed by atoms with Crippen LogP contribution in [0.5, 0.6) is 0 Å². The maximum atomic E-state index is 5.54. The van der Waals surface area contributed by atoms with Crippen LogP contribution in [0.15, 0.2) is 40.9 Å². The fourth-order valence-electron chi connectivity index (χ4n) is 2.01. The molecule has 0 radical (unpaired) electrons. The minimum atomic E-state index is 0.728. The summed E-state index contributed by atoms with van der Waals surface area (Å²) in [4.78, 5) is 4.22. The van der Waals surface area contributed by atoms with E-state index in [1.54, 1.807) is 0 Å². The molecule has 0 bridgehead atoms.